The summed E-state index contributed by atoms with van der Waals surface area (Å²) in [5.74, 6) is -0.424. The van der Waals surface area contributed by atoms with Crippen LogP contribution in [0.1, 0.15) is 20.8 Å². The van der Waals surface area contributed by atoms with Crippen LogP contribution in [0.15, 0.2) is 23.4 Å². The number of amides is 1. The summed E-state index contributed by atoms with van der Waals surface area (Å²) >= 11 is 11.6. The molecule has 1 rings (SSSR count). The fourth-order valence-electron chi connectivity index (χ4n) is 1.84. The molecule has 0 aliphatic rings. The third-order valence-electron chi connectivity index (χ3n) is 2.89. The average molecular weight is 332 g/mol. The van der Waals surface area contributed by atoms with Gasteiger partial charge in [0.2, 0.25) is 0 Å². The van der Waals surface area contributed by atoms with Gasteiger partial charge in [-0.1, -0.05) is 23.2 Å². The van der Waals surface area contributed by atoms with Crippen molar-refractivity contribution in [3.8, 4) is 0 Å². The molecule has 0 spiro atoms. The van der Waals surface area contributed by atoms with Crippen molar-refractivity contribution >= 4 is 34.8 Å². The fraction of sp³-hybridized carbons (Fsp3) is 0.429. The van der Waals surface area contributed by atoms with Gasteiger partial charge in [-0.15, -0.1) is 0 Å². The maximum Gasteiger partial charge on any atom is 0.256 e. The highest BCUT2D eigenvalue weighted by Gasteiger charge is 2.29. The number of hydrogen-bond donors (Lipinski definition) is 2. The van der Waals surface area contributed by atoms with E-state index in [-0.39, 0.29) is 15.9 Å². The number of pyridine rings is 1. The van der Waals surface area contributed by atoms with Gasteiger partial charge in [-0.25, -0.2) is 4.98 Å². The molecule has 7 heteroatoms. The Bertz CT molecular complexity index is 558. The number of allylic oxidation sites excluding steroid dienone is 1. The maximum atomic E-state index is 12.5. The average Bonchev–Trinajstić information content (AvgIpc) is 2.24. The molecule has 0 atom stereocenters. The second kappa shape index (κ2) is 6.64. The molecule has 0 saturated heterocycles. The Morgan fingerprint density at radius 3 is 2.14 bits per heavy atom. The Balaban J connectivity index is 3.17. The van der Waals surface area contributed by atoms with Crippen LogP contribution in [0.3, 0.4) is 0 Å². The van der Waals surface area contributed by atoms with E-state index in [9.17, 15) is 9.90 Å². The minimum absolute atomic E-state index is 0.177. The molecule has 116 valence electrons. The van der Waals surface area contributed by atoms with Gasteiger partial charge in [0.15, 0.2) is 0 Å². The molecule has 1 aromatic heterocycles. The van der Waals surface area contributed by atoms with E-state index in [0.717, 1.165) is 0 Å². The molecule has 1 amide bonds. The minimum Gasteiger partial charge on any atom is -0.385 e. The lowest BCUT2D eigenvalue weighted by Crippen LogP contribution is -2.34. The molecule has 2 N–H and O–H groups in total. The van der Waals surface area contributed by atoms with Crippen LogP contribution in [0.25, 0.3) is 0 Å². The summed E-state index contributed by atoms with van der Waals surface area (Å²) < 4.78 is 0. The maximum absolute atomic E-state index is 12.5. The van der Waals surface area contributed by atoms with Crippen molar-refractivity contribution in [2.45, 2.75) is 26.4 Å². The second-order valence-electron chi connectivity index (χ2n) is 5.37. The SMILES string of the molecule is C/C(=C(\C(=O)Nc1cc(Cl)nc(Cl)c1)C(C)(C)O)N(C)C. The van der Waals surface area contributed by atoms with E-state index in [1.165, 1.54) is 12.1 Å². The Morgan fingerprint density at radius 2 is 1.76 bits per heavy atom. The first-order valence-electron chi connectivity index (χ1n) is 6.28. The van der Waals surface area contributed by atoms with Crippen molar-refractivity contribution in [2.75, 3.05) is 19.4 Å². The number of hydrogen-bond acceptors (Lipinski definition) is 4. The number of nitrogens with one attached hydrogen (secondary N) is 1. The van der Waals surface area contributed by atoms with Gasteiger partial charge < -0.3 is 15.3 Å². The first-order chi connectivity index (χ1) is 9.52. The highest BCUT2D eigenvalue weighted by atomic mass is 35.5. The molecule has 0 aliphatic carbocycles. The number of anilines is 1. The van der Waals surface area contributed by atoms with Crippen LogP contribution in [0.4, 0.5) is 5.69 Å². The smallest absolute Gasteiger partial charge is 0.256 e. The molecule has 1 heterocycles. The zero-order chi connectivity index (χ0) is 16.4. The number of carbonyl (C=O) groups is 1. The van der Waals surface area contributed by atoms with Crippen LogP contribution in [0.2, 0.25) is 10.3 Å². The van der Waals surface area contributed by atoms with Crippen molar-refractivity contribution in [3.05, 3.63) is 33.7 Å². The lowest BCUT2D eigenvalue weighted by molar-refractivity contribution is -0.114. The van der Waals surface area contributed by atoms with Gasteiger partial charge in [-0.05, 0) is 32.9 Å². The zero-order valence-electron chi connectivity index (χ0n) is 12.7. The normalized spacial score (nSPS) is 12.8. The molecule has 0 radical (unpaired) electrons. The van der Waals surface area contributed by atoms with E-state index in [4.69, 9.17) is 23.2 Å². The summed E-state index contributed by atoms with van der Waals surface area (Å²) in [7, 11) is 3.60. The molecule has 0 fully saturated rings. The molecule has 5 nitrogen and oxygen atoms in total. The fourth-order valence-corrected chi connectivity index (χ4v) is 2.30. The monoisotopic (exact) mass is 331 g/mol. The summed E-state index contributed by atoms with van der Waals surface area (Å²) in [5, 5.41) is 13.3. The minimum atomic E-state index is -1.29. The predicted octanol–water partition coefficient (Wildman–Crippen LogP) is 2.93. The van der Waals surface area contributed by atoms with Crippen molar-refractivity contribution in [2.24, 2.45) is 0 Å². The van der Waals surface area contributed by atoms with Crippen LogP contribution in [0.5, 0.6) is 0 Å². The van der Waals surface area contributed by atoms with Gasteiger partial charge in [0.25, 0.3) is 5.91 Å². The van der Waals surface area contributed by atoms with Crippen molar-refractivity contribution < 1.29 is 9.90 Å². The molecule has 1 aromatic rings. The van der Waals surface area contributed by atoms with E-state index < -0.39 is 11.5 Å². The van der Waals surface area contributed by atoms with Gasteiger partial charge in [0.05, 0.1) is 11.2 Å². The zero-order valence-corrected chi connectivity index (χ0v) is 14.2. The number of halogens is 2. The molecular formula is C14H19Cl2N3O2. The molecule has 0 aliphatic heterocycles. The summed E-state index contributed by atoms with van der Waals surface area (Å²) in [6, 6.07) is 2.97. The summed E-state index contributed by atoms with van der Waals surface area (Å²) in [6.45, 7) is 4.88. The van der Waals surface area contributed by atoms with E-state index in [1.54, 1.807) is 39.8 Å². The largest absolute Gasteiger partial charge is 0.385 e. The van der Waals surface area contributed by atoms with Crippen LogP contribution in [-0.4, -0.2) is 40.6 Å². The van der Waals surface area contributed by atoms with Crippen LogP contribution in [-0.2, 0) is 4.79 Å². The van der Waals surface area contributed by atoms with Crippen molar-refractivity contribution in [1.29, 1.82) is 0 Å². The lowest BCUT2D eigenvalue weighted by atomic mass is 9.95. The standard InChI is InChI=1S/C14H19Cl2N3O2/c1-8(19(4)5)12(14(2,3)21)13(20)17-9-6-10(15)18-11(16)7-9/h6-7,21H,1-5H3,(H,17,18,20)/b12-8-. The summed E-state index contributed by atoms with van der Waals surface area (Å²) in [5.41, 5.74) is 0.0418. The second-order valence-corrected chi connectivity index (χ2v) is 6.14. The topological polar surface area (TPSA) is 65.5 Å². The first-order valence-corrected chi connectivity index (χ1v) is 7.03. The molecule has 0 aromatic carbocycles. The van der Waals surface area contributed by atoms with Crippen molar-refractivity contribution in [1.82, 2.24) is 9.88 Å². The van der Waals surface area contributed by atoms with Crippen molar-refractivity contribution in [3.63, 3.8) is 0 Å². The number of aliphatic hydroxyl groups is 1. The number of aromatic nitrogens is 1. The molecule has 21 heavy (non-hydrogen) atoms. The van der Waals surface area contributed by atoms with Gasteiger partial charge in [-0.2, -0.15) is 0 Å². The summed E-state index contributed by atoms with van der Waals surface area (Å²) in [6.07, 6.45) is 0. The number of rotatable bonds is 4. The molecule has 0 unspecified atom stereocenters. The Kier molecular flexibility index (Phi) is 5.61. The first kappa shape index (κ1) is 17.8. The van der Waals surface area contributed by atoms with E-state index >= 15 is 0 Å². The molecular weight excluding hydrogens is 313 g/mol. The van der Waals surface area contributed by atoms with Gasteiger partial charge in [0.1, 0.15) is 10.3 Å². The lowest BCUT2D eigenvalue weighted by Gasteiger charge is -2.26. The van der Waals surface area contributed by atoms with Crippen LogP contribution in [0, 0.1) is 0 Å². The Morgan fingerprint density at radius 1 is 1.29 bits per heavy atom. The summed E-state index contributed by atoms with van der Waals surface area (Å²) in [4.78, 5) is 18.0. The van der Waals surface area contributed by atoms with Crippen LogP contribution >= 0.6 is 23.2 Å². The van der Waals surface area contributed by atoms with Gasteiger partial charge in [0, 0.05) is 25.5 Å². The Hall–Kier alpha value is -1.30. The molecule has 0 bridgehead atoms. The van der Waals surface area contributed by atoms with E-state index in [2.05, 4.69) is 10.3 Å². The van der Waals surface area contributed by atoms with E-state index in [1.807, 2.05) is 0 Å². The molecule has 0 saturated carbocycles. The highest BCUT2D eigenvalue weighted by molar-refractivity contribution is 6.33. The van der Waals surface area contributed by atoms with Crippen LogP contribution < -0.4 is 5.32 Å². The highest BCUT2D eigenvalue weighted by Crippen LogP contribution is 2.24. The third kappa shape index (κ3) is 4.88. The Labute approximate surface area is 134 Å². The predicted molar refractivity (Wildman–Crippen MR) is 85.6 cm³/mol. The quantitative estimate of drug-likeness (QED) is 0.657. The number of nitrogens with zero attached hydrogens (tertiary/aromatic N) is 2. The van der Waals surface area contributed by atoms with E-state index in [0.29, 0.717) is 11.4 Å². The third-order valence-corrected chi connectivity index (χ3v) is 3.28. The number of carbonyl (C=O) groups excluding carboxylic acids is 1. The van der Waals surface area contributed by atoms with Gasteiger partial charge >= 0.3 is 0 Å². The van der Waals surface area contributed by atoms with Gasteiger partial charge in [-0.3, -0.25) is 4.79 Å².